The van der Waals surface area contributed by atoms with Crippen molar-refractivity contribution < 1.29 is 14.3 Å². The molecule has 3 heterocycles. The molecule has 2 aromatic rings. The summed E-state index contributed by atoms with van der Waals surface area (Å²) in [6.45, 7) is 3.99. The Morgan fingerprint density at radius 3 is 2.70 bits per heavy atom. The van der Waals surface area contributed by atoms with Crippen LogP contribution in [0.2, 0.25) is 0 Å². The van der Waals surface area contributed by atoms with Gasteiger partial charge in [0.05, 0.1) is 19.0 Å². The lowest BCUT2D eigenvalue weighted by molar-refractivity contribution is 0.0177. The number of benzene rings is 1. The Kier molecular flexibility index (Phi) is 5.07. The highest BCUT2D eigenvalue weighted by Crippen LogP contribution is 2.34. The molecule has 2 aliphatic rings. The van der Waals surface area contributed by atoms with Gasteiger partial charge in [-0.05, 0) is 55.4 Å². The molecule has 4 rings (SSSR count). The van der Waals surface area contributed by atoms with Crippen molar-refractivity contribution in [3.63, 3.8) is 0 Å². The molecule has 27 heavy (non-hydrogen) atoms. The van der Waals surface area contributed by atoms with E-state index in [2.05, 4.69) is 22.1 Å². The summed E-state index contributed by atoms with van der Waals surface area (Å²) in [5.41, 5.74) is 3.66. The summed E-state index contributed by atoms with van der Waals surface area (Å²) in [5, 5.41) is 0. The average Bonchev–Trinajstić information content (AvgIpc) is 2.73. The first-order chi connectivity index (χ1) is 13.2. The van der Waals surface area contributed by atoms with Gasteiger partial charge in [0, 0.05) is 32.0 Å². The van der Waals surface area contributed by atoms with E-state index in [0.717, 1.165) is 43.9 Å². The van der Waals surface area contributed by atoms with Gasteiger partial charge in [-0.15, -0.1) is 0 Å². The SMILES string of the molecule is COc1ccc2c(c1)C[C@@H](C1CCOCC1)N(C(=O)c1cnc(C)cn1)C2. The summed E-state index contributed by atoms with van der Waals surface area (Å²) in [4.78, 5) is 23.8. The molecule has 1 amide bonds. The zero-order chi connectivity index (χ0) is 18.8. The molecule has 0 bridgehead atoms. The molecule has 0 unspecified atom stereocenters. The average molecular weight is 367 g/mol. The first-order valence-electron chi connectivity index (χ1n) is 9.49. The molecule has 0 saturated carbocycles. The topological polar surface area (TPSA) is 64.6 Å². The van der Waals surface area contributed by atoms with Crippen LogP contribution < -0.4 is 4.74 Å². The molecule has 6 nitrogen and oxygen atoms in total. The first-order valence-corrected chi connectivity index (χ1v) is 9.49. The maximum absolute atomic E-state index is 13.3. The highest BCUT2D eigenvalue weighted by Gasteiger charge is 2.36. The van der Waals surface area contributed by atoms with Crippen molar-refractivity contribution in [2.45, 2.75) is 38.8 Å². The van der Waals surface area contributed by atoms with Gasteiger partial charge in [0.15, 0.2) is 0 Å². The van der Waals surface area contributed by atoms with E-state index in [9.17, 15) is 4.79 Å². The molecule has 0 spiro atoms. The number of aryl methyl sites for hydroxylation is 1. The zero-order valence-electron chi connectivity index (χ0n) is 15.9. The van der Waals surface area contributed by atoms with Crippen LogP contribution in [0.25, 0.3) is 0 Å². The first kappa shape index (κ1) is 17.9. The van der Waals surface area contributed by atoms with Crippen LogP contribution in [0.3, 0.4) is 0 Å². The molecule has 6 heteroatoms. The summed E-state index contributed by atoms with van der Waals surface area (Å²) in [6, 6.07) is 6.27. The summed E-state index contributed by atoms with van der Waals surface area (Å²) in [6.07, 6.45) is 6.03. The Bertz CT molecular complexity index is 816. The normalized spacial score (nSPS) is 20.2. The molecule has 0 aliphatic carbocycles. The van der Waals surface area contributed by atoms with E-state index in [1.165, 1.54) is 11.1 Å². The number of aromatic nitrogens is 2. The van der Waals surface area contributed by atoms with Crippen molar-refractivity contribution in [2.75, 3.05) is 20.3 Å². The second-order valence-electron chi connectivity index (χ2n) is 7.33. The summed E-state index contributed by atoms with van der Waals surface area (Å²) >= 11 is 0. The van der Waals surface area contributed by atoms with Gasteiger partial charge in [-0.2, -0.15) is 0 Å². The number of rotatable bonds is 3. The Morgan fingerprint density at radius 2 is 2.00 bits per heavy atom. The van der Waals surface area contributed by atoms with E-state index in [4.69, 9.17) is 9.47 Å². The highest BCUT2D eigenvalue weighted by atomic mass is 16.5. The largest absolute Gasteiger partial charge is 0.497 e. The molecule has 2 aliphatic heterocycles. The van der Waals surface area contributed by atoms with Crippen LogP contribution in [0.1, 0.15) is 40.2 Å². The van der Waals surface area contributed by atoms with E-state index >= 15 is 0 Å². The van der Waals surface area contributed by atoms with E-state index in [0.29, 0.717) is 18.2 Å². The lowest BCUT2D eigenvalue weighted by atomic mass is 9.82. The second-order valence-corrected chi connectivity index (χ2v) is 7.33. The van der Waals surface area contributed by atoms with Crippen molar-refractivity contribution in [2.24, 2.45) is 5.92 Å². The maximum atomic E-state index is 13.3. The van der Waals surface area contributed by atoms with E-state index in [1.807, 2.05) is 17.9 Å². The van der Waals surface area contributed by atoms with Gasteiger partial charge in [-0.25, -0.2) is 4.98 Å². The lowest BCUT2D eigenvalue weighted by Crippen LogP contribution is -2.49. The molecular weight excluding hydrogens is 342 g/mol. The Labute approximate surface area is 159 Å². The van der Waals surface area contributed by atoms with Crippen LogP contribution in [0, 0.1) is 12.8 Å². The molecule has 1 atom stereocenters. The van der Waals surface area contributed by atoms with E-state index < -0.39 is 0 Å². The minimum Gasteiger partial charge on any atom is -0.497 e. The van der Waals surface area contributed by atoms with Crippen molar-refractivity contribution in [1.82, 2.24) is 14.9 Å². The number of carbonyl (C=O) groups is 1. The number of hydrogen-bond acceptors (Lipinski definition) is 5. The smallest absolute Gasteiger partial charge is 0.274 e. The van der Waals surface area contributed by atoms with Gasteiger partial charge in [-0.1, -0.05) is 6.07 Å². The molecule has 1 aromatic heterocycles. The molecule has 1 saturated heterocycles. The van der Waals surface area contributed by atoms with Gasteiger partial charge in [0.2, 0.25) is 0 Å². The molecule has 1 aromatic carbocycles. The monoisotopic (exact) mass is 367 g/mol. The lowest BCUT2D eigenvalue weighted by Gasteiger charge is -2.42. The molecule has 0 radical (unpaired) electrons. The van der Waals surface area contributed by atoms with Gasteiger partial charge in [0.1, 0.15) is 11.4 Å². The fraction of sp³-hybridized carbons (Fsp3) is 0.476. The summed E-state index contributed by atoms with van der Waals surface area (Å²) in [7, 11) is 1.69. The number of nitrogens with zero attached hydrogens (tertiary/aromatic N) is 3. The summed E-state index contributed by atoms with van der Waals surface area (Å²) < 4.78 is 10.9. The number of ether oxygens (including phenoxy) is 2. The van der Waals surface area contributed by atoms with Gasteiger partial charge in [-0.3, -0.25) is 9.78 Å². The third-order valence-electron chi connectivity index (χ3n) is 5.65. The van der Waals surface area contributed by atoms with Crippen LogP contribution in [0.15, 0.2) is 30.6 Å². The van der Waals surface area contributed by atoms with E-state index in [-0.39, 0.29) is 11.9 Å². The summed E-state index contributed by atoms with van der Waals surface area (Å²) in [5.74, 6) is 1.25. The molecular formula is C21H25N3O3. The van der Waals surface area contributed by atoms with Crippen LogP contribution in [0.5, 0.6) is 5.75 Å². The standard InChI is InChI=1S/C21H25N3O3/c1-14-11-23-19(12-22-14)21(25)24-13-16-3-4-18(26-2)9-17(16)10-20(24)15-5-7-27-8-6-15/h3-4,9,11-12,15,20H,5-8,10,13H2,1-2H3/t20-/m0/s1. The number of amides is 1. The Hall–Kier alpha value is -2.47. The van der Waals surface area contributed by atoms with Gasteiger partial charge >= 0.3 is 0 Å². The Morgan fingerprint density at radius 1 is 1.19 bits per heavy atom. The second kappa shape index (κ2) is 7.64. The molecule has 142 valence electrons. The quantitative estimate of drug-likeness (QED) is 0.835. The van der Waals surface area contributed by atoms with Crippen LogP contribution in [0.4, 0.5) is 0 Å². The highest BCUT2D eigenvalue weighted by molar-refractivity contribution is 5.92. The Balaban J connectivity index is 1.67. The van der Waals surface area contributed by atoms with Crippen molar-refractivity contribution in [1.29, 1.82) is 0 Å². The predicted octanol–water partition coefficient (Wildman–Crippen LogP) is 2.79. The zero-order valence-corrected chi connectivity index (χ0v) is 15.9. The minimum absolute atomic E-state index is 0.0412. The fourth-order valence-electron chi connectivity index (χ4n) is 4.10. The third-order valence-corrected chi connectivity index (χ3v) is 5.65. The predicted molar refractivity (Wildman–Crippen MR) is 101 cm³/mol. The van der Waals surface area contributed by atoms with E-state index in [1.54, 1.807) is 19.5 Å². The molecule has 0 N–H and O–H groups in total. The van der Waals surface area contributed by atoms with Crippen LogP contribution >= 0.6 is 0 Å². The van der Waals surface area contributed by atoms with Crippen molar-refractivity contribution in [3.8, 4) is 5.75 Å². The van der Waals surface area contributed by atoms with Crippen molar-refractivity contribution in [3.05, 3.63) is 53.1 Å². The van der Waals surface area contributed by atoms with Gasteiger partial charge in [0.25, 0.3) is 5.91 Å². The third kappa shape index (κ3) is 3.67. The number of methoxy groups -OCH3 is 1. The number of hydrogen-bond donors (Lipinski definition) is 0. The van der Waals surface area contributed by atoms with Crippen LogP contribution in [-0.2, 0) is 17.7 Å². The number of fused-ring (bicyclic) bond motifs is 1. The number of carbonyl (C=O) groups excluding carboxylic acids is 1. The minimum atomic E-state index is -0.0412. The van der Waals surface area contributed by atoms with Crippen LogP contribution in [-0.4, -0.2) is 47.1 Å². The van der Waals surface area contributed by atoms with Crippen molar-refractivity contribution >= 4 is 5.91 Å². The fourth-order valence-corrected chi connectivity index (χ4v) is 4.10. The maximum Gasteiger partial charge on any atom is 0.274 e. The molecule has 1 fully saturated rings. The van der Waals surface area contributed by atoms with Gasteiger partial charge < -0.3 is 14.4 Å².